The Balaban J connectivity index is 2.63. The Kier molecular flexibility index (Phi) is 6.40. The first-order valence-corrected chi connectivity index (χ1v) is 9.47. The number of benzene rings is 2. The van der Waals surface area contributed by atoms with Crippen molar-refractivity contribution in [3.8, 4) is 0 Å². The van der Waals surface area contributed by atoms with Gasteiger partial charge in [-0.1, -0.05) is 48.5 Å². The summed E-state index contributed by atoms with van der Waals surface area (Å²) in [7, 11) is -1.50. The molecule has 0 saturated carbocycles. The lowest BCUT2D eigenvalue weighted by molar-refractivity contribution is 0.215. The fourth-order valence-corrected chi connectivity index (χ4v) is 4.87. The second-order valence-corrected chi connectivity index (χ2v) is 7.14. The summed E-state index contributed by atoms with van der Waals surface area (Å²) < 4.78 is 24.8. The fraction of sp³-hybridized carbons (Fsp3) is 0.333. The summed E-state index contributed by atoms with van der Waals surface area (Å²) in [5.74, 6) is 0. The number of para-hydroxylation sites is 1. The van der Waals surface area contributed by atoms with Crippen LogP contribution < -0.4 is 5.32 Å². The van der Waals surface area contributed by atoms with E-state index >= 15 is 0 Å². The molecule has 2 aromatic rings. The van der Waals surface area contributed by atoms with Crippen LogP contribution in [0.1, 0.15) is 30.6 Å². The van der Waals surface area contributed by atoms with Crippen molar-refractivity contribution in [2.24, 2.45) is 0 Å². The third kappa shape index (κ3) is 4.03. The van der Waals surface area contributed by atoms with Crippen molar-refractivity contribution in [1.29, 1.82) is 0 Å². The van der Waals surface area contributed by atoms with E-state index in [1.54, 1.807) is 0 Å². The lowest BCUT2D eigenvalue weighted by Crippen LogP contribution is -2.10. The number of nitrogens with one attached hydrogen (secondary N) is 1. The Morgan fingerprint density at radius 3 is 2.09 bits per heavy atom. The molecule has 1 N–H and O–H groups in total. The Morgan fingerprint density at radius 1 is 0.957 bits per heavy atom. The molecule has 0 aliphatic rings. The van der Waals surface area contributed by atoms with Crippen LogP contribution >= 0.6 is 7.60 Å². The van der Waals surface area contributed by atoms with E-state index in [0.717, 1.165) is 16.8 Å². The Morgan fingerprint density at radius 2 is 1.52 bits per heavy atom. The molecular formula is C18H24NO3P. The first kappa shape index (κ1) is 17.7. The average Bonchev–Trinajstić information content (AvgIpc) is 2.57. The van der Waals surface area contributed by atoms with Crippen molar-refractivity contribution in [2.75, 3.05) is 25.6 Å². The van der Waals surface area contributed by atoms with Gasteiger partial charge in [0.1, 0.15) is 5.66 Å². The molecule has 0 bridgehead atoms. The Bertz CT molecular complexity index is 650. The van der Waals surface area contributed by atoms with Crippen molar-refractivity contribution < 1.29 is 13.6 Å². The van der Waals surface area contributed by atoms with E-state index in [0.29, 0.717) is 13.2 Å². The molecule has 124 valence electrons. The highest BCUT2D eigenvalue weighted by atomic mass is 31.2. The standard InChI is InChI=1S/C18H24NO3P/c1-4-21-23(20,22-5-2)18(15-11-7-6-8-12-15)16-13-9-10-14-17(16)19-3/h6-14,18-19H,4-5H2,1-3H3. The largest absolute Gasteiger partial charge is 0.388 e. The van der Waals surface area contributed by atoms with Crippen LogP contribution in [0.25, 0.3) is 0 Å². The molecule has 1 unspecified atom stereocenters. The predicted octanol–water partition coefficient (Wildman–Crippen LogP) is 5.08. The van der Waals surface area contributed by atoms with Gasteiger partial charge < -0.3 is 14.4 Å². The maximum absolute atomic E-state index is 13.5. The predicted molar refractivity (Wildman–Crippen MR) is 95.1 cm³/mol. The van der Waals surface area contributed by atoms with E-state index in [9.17, 15) is 4.57 Å². The van der Waals surface area contributed by atoms with Crippen LogP contribution in [0.15, 0.2) is 54.6 Å². The zero-order valence-electron chi connectivity index (χ0n) is 13.9. The monoisotopic (exact) mass is 333 g/mol. The van der Waals surface area contributed by atoms with Crippen LogP contribution in [-0.2, 0) is 13.6 Å². The van der Waals surface area contributed by atoms with Crippen LogP contribution in [0.5, 0.6) is 0 Å². The maximum atomic E-state index is 13.5. The lowest BCUT2D eigenvalue weighted by Gasteiger charge is -2.28. The number of hydrogen-bond donors (Lipinski definition) is 1. The molecule has 1 atom stereocenters. The molecular weight excluding hydrogens is 309 g/mol. The summed E-state index contributed by atoms with van der Waals surface area (Å²) in [4.78, 5) is 0. The summed E-state index contributed by atoms with van der Waals surface area (Å²) in [5, 5.41) is 3.17. The quantitative estimate of drug-likeness (QED) is 0.684. The molecule has 2 rings (SSSR count). The molecule has 0 heterocycles. The minimum Gasteiger partial charge on any atom is -0.388 e. The summed E-state index contributed by atoms with van der Waals surface area (Å²) in [5.41, 5.74) is 2.28. The van der Waals surface area contributed by atoms with Gasteiger partial charge in [-0.25, -0.2) is 0 Å². The van der Waals surface area contributed by atoms with Gasteiger partial charge in [0.2, 0.25) is 0 Å². The van der Waals surface area contributed by atoms with Crippen LogP contribution in [-0.4, -0.2) is 20.3 Å². The fourth-order valence-electron chi connectivity index (χ4n) is 2.68. The molecule has 0 aromatic heterocycles. The third-order valence-corrected chi connectivity index (χ3v) is 6.02. The van der Waals surface area contributed by atoms with Gasteiger partial charge in [0.05, 0.1) is 13.2 Å². The first-order chi connectivity index (χ1) is 11.2. The second-order valence-electron chi connectivity index (χ2n) is 5.03. The third-order valence-electron chi connectivity index (χ3n) is 3.57. The summed E-state index contributed by atoms with van der Waals surface area (Å²) in [6, 6.07) is 17.6. The molecule has 0 radical (unpaired) electrons. The minimum atomic E-state index is -3.35. The van der Waals surface area contributed by atoms with Crippen molar-refractivity contribution in [2.45, 2.75) is 19.5 Å². The summed E-state index contributed by atoms with van der Waals surface area (Å²) in [6.07, 6.45) is 0. The van der Waals surface area contributed by atoms with Crippen molar-refractivity contribution in [3.05, 3.63) is 65.7 Å². The molecule has 0 spiro atoms. The number of hydrogen-bond acceptors (Lipinski definition) is 4. The number of rotatable bonds is 8. The summed E-state index contributed by atoms with van der Waals surface area (Å²) in [6.45, 7) is 4.33. The molecule has 0 amide bonds. The van der Waals surface area contributed by atoms with Gasteiger partial charge in [0.15, 0.2) is 0 Å². The highest BCUT2D eigenvalue weighted by Crippen LogP contribution is 2.64. The van der Waals surface area contributed by atoms with Crippen LogP contribution in [0.3, 0.4) is 0 Å². The molecule has 0 saturated heterocycles. The molecule has 0 aliphatic carbocycles. The smallest absolute Gasteiger partial charge is 0.342 e. The maximum Gasteiger partial charge on any atom is 0.342 e. The molecule has 2 aromatic carbocycles. The van der Waals surface area contributed by atoms with E-state index in [4.69, 9.17) is 9.05 Å². The van der Waals surface area contributed by atoms with Crippen LogP contribution in [0, 0.1) is 0 Å². The highest BCUT2D eigenvalue weighted by molar-refractivity contribution is 7.54. The zero-order valence-corrected chi connectivity index (χ0v) is 14.8. The first-order valence-electron chi connectivity index (χ1n) is 7.86. The van der Waals surface area contributed by atoms with Gasteiger partial charge in [0, 0.05) is 12.7 Å². The van der Waals surface area contributed by atoms with Gasteiger partial charge in [-0.15, -0.1) is 0 Å². The van der Waals surface area contributed by atoms with Crippen LogP contribution in [0.2, 0.25) is 0 Å². The second kappa shape index (κ2) is 8.30. The molecule has 0 aliphatic heterocycles. The molecule has 5 heteroatoms. The van der Waals surface area contributed by atoms with Gasteiger partial charge in [-0.2, -0.15) is 0 Å². The molecule has 23 heavy (non-hydrogen) atoms. The van der Waals surface area contributed by atoms with E-state index in [-0.39, 0.29) is 0 Å². The van der Waals surface area contributed by atoms with E-state index in [1.165, 1.54) is 0 Å². The Labute approximate surface area is 138 Å². The van der Waals surface area contributed by atoms with E-state index in [1.807, 2.05) is 75.5 Å². The van der Waals surface area contributed by atoms with E-state index in [2.05, 4.69) is 5.32 Å². The molecule has 0 fully saturated rings. The van der Waals surface area contributed by atoms with E-state index < -0.39 is 13.3 Å². The van der Waals surface area contributed by atoms with Crippen LogP contribution in [0.4, 0.5) is 5.69 Å². The lowest BCUT2D eigenvalue weighted by atomic mass is 10.0. The van der Waals surface area contributed by atoms with Crippen molar-refractivity contribution >= 4 is 13.3 Å². The highest BCUT2D eigenvalue weighted by Gasteiger charge is 2.39. The normalized spacial score (nSPS) is 12.8. The van der Waals surface area contributed by atoms with Gasteiger partial charge in [0.25, 0.3) is 0 Å². The minimum absolute atomic E-state index is 0.336. The average molecular weight is 333 g/mol. The molecule has 4 nitrogen and oxygen atoms in total. The topological polar surface area (TPSA) is 47.6 Å². The van der Waals surface area contributed by atoms with Gasteiger partial charge >= 0.3 is 7.60 Å². The van der Waals surface area contributed by atoms with Crippen molar-refractivity contribution in [1.82, 2.24) is 0 Å². The Hall–Kier alpha value is -1.61. The van der Waals surface area contributed by atoms with Gasteiger partial charge in [-0.3, -0.25) is 4.57 Å². The zero-order chi connectivity index (χ0) is 16.7. The summed E-state index contributed by atoms with van der Waals surface area (Å²) >= 11 is 0. The van der Waals surface area contributed by atoms with Crippen molar-refractivity contribution in [3.63, 3.8) is 0 Å². The van der Waals surface area contributed by atoms with Gasteiger partial charge in [-0.05, 0) is 31.0 Å². The SMILES string of the molecule is CCOP(=O)(OCC)C(c1ccccc1)c1ccccc1NC. The number of anilines is 1.